The summed E-state index contributed by atoms with van der Waals surface area (Å²) in [4.78, 5) is 25.4. The third-order valence-corrected chi connectivity index (χ3v) is 5.52. The first-order valence-electron chi connectivity index (χ1n) is 8.70. The van der Waals surface area contributed by atoms with Crippen LogP contribution in [0.15, 0.2) is 24.3 Å². The Balaban J connectivity index is 1.64. The van der Waals surface area contributed by atoms with Gasteiger partial charge < -0.3 is 20.7 Å². The summed E-state index contributed by atoms with van der Waals surface area (Å²) >= 11 is 6.01. The highest BCUT2D eigenvalue weighted by Crippen LogP contribution is 2.41. The number of nitrogens with two attached hydrogens (primary N) is 1. The Bertz CT molecular complexity index is 629. The number of rotatable bonds is 4. The Morgan fingerprint density at radius 2 is 1.96 bits per heavy atom. The molecule has 2 aliphatic rings. The van der Waals surface area contributed by atoms with Gasteiger partial charge in [0, 0.05) is 23.5 Å². The lowest BCUT2D eigenvalue weighted by Crippen LogP contribution is -2.54. The van der Waals surface area contributed by atoms with Crippen molar-refractivity contribution < 1.29 is 14.3 Å². The molecular weight excluding hydrogens is 342 g/mol. The summed E-state index contributed by atoms with van der Waals surface area (Å²) in [5, 5.41) is 3.77. The SMILES string of the molecule is NC(=O)C1CN(C(=O)NCC2(c3ccc(Cl)cc3)CCCC2)CCO1. The van der Waals surface area contributed by atoms with Crippen molar-refractivity contribution in [3.63, 3.8) is 0 Å². The van der Waals surface area contributed by atoms with Crippen molar-refractivity contribution >= 4 is 23.5 Å². The summed E-state index contributed by atoms with van der Waals surface area (Å²) in [6, 6.07) is 7.74. The molecule has 1 atom stereocenters. The number of morpholine rings is 1. The number of benzene rings is 1. The molecule has 1 heterocycles. The van der Waals surface area contributed by atoms with Crippen molar-refractivity contribution in [2.24, 2.45) is 5.73 Å². The van der Waals surface area contributed by atoms with Gasteiger partial charge in [-0.2, -0.15) is 0 Å². The van der Waals surface area contributed by atoms with Gasteiger partial charge in [0.25, 0.3) is 0 Å². The first-order chi connectivity index (χ1) is 12.0. The summed E-state index contributed by atoms with van der Waals surface area (Å²) in [6.45, 7) is 1.56. The van der Waals surface area contributed by atoms with Gasteiger partial charge in [0.1, 0.15) is 0 Å². The molecule has 1 aliphatic heterocycles. The second-order valence-corrected chi connectivity index (χ2v) is 7.30. The fourth-order valence-electron chi connectivity index (χ4n) is 3.79. The van der Waals surface area contributed by atoms with Crippen molar-refractivity contribution in [1.82, 2.24) is 10.2 Å². The molecule has 1 aliphatic carbocycles. The van der Waals surface area contributed by atoms with E-state index < -0.39 is 12.0 Å². The number of amides is 3. The van der Waals surface area contributed by atoms with Gasteiger partial charge in [-0.25, -0.2) is 4.79 Å². The third kappa shape index (κ3) is 4.07. The first-order valence-corrected chi connectivity index (χ1v) is 9.08. The van der Waals surface area contributed by atoms with Crippen molar-refractivity contribution in [3.05, 3.63) is 34.9 Å². The third-order valence-electron chi connectivity index (χ3n) is 5.27. The van der Waals surface area contributed by atoms with Gasteiger partial charge >= 0.3 is 6.03 Å². The molecule has 1 saturated carbocycles. The summed E-state index contributed by atoms with van der Waals surface area (Å²) in [5.41, 5.74) is 6.45. The minimum Gasteiger partial charge on any atom is -0.367 e. The average molecular weight is 366 g/mol. The second-order valence-electron chi connectivity index (χ2n) is 6.86. The topological polar surface area (TPSA) is 84.7 Å². The smallest absolute Gasteiger partial charge is 0.317 e. The first kappa shape index (κ1) is 18.0. The molecule has 1 aromatic rings. The Morgan fingerprint density at radius 3 is 2.60 bits per heavy atom. The molecule has 3 rings (SSSR count). The molecule has 136 valence electrons. The molecule has 25 heavy (non-hydrogen) atoms. The molecule has 3 amide bonds. The number of nitrogens with zero attached hydrogens (tertiary/aromatic N) is 1. The quantitative estimate of drug-likeness (QED) is 0.856. The second kappa shape index (κ2) is 7.62. The van der Waals surface area contributed by atoms with Crippen molar-refractivity contribution in [3.8, 4) is 0 Å². The van der Waals surface area contributed by atoms with Gasteiger partial charge in [-0.05, 0) is 30.5 Å². The van der Waals surface area contributed by atoms with E-state index in [0.29, 0.717) is 24.7 Å². The van der Waals surface area contributed by atoms with Gasteiger partial charge in [0.2, 0.25) is 5.91 Å². The minimum absolute atomic E-state index is 0.0460. The van der Waals surface area contributed by atoms with Crippen LogP contribution in [0.1, 0.15) is 31.2 Å². The van der Waals surface area contributed by atoms with E-state index >= 15 is 0 Å². The minimum atomic E-state index is -0.726. The highest BCUT2D eigenvalue weighted by Gasteiger charge is 2.37. The van der Waals surface area contributed by atoms with Gasteiger partial charge in [0.15, 0.2) is 6.10 Å². The van der Waals surface area contributed by atoms with Crippen molar-refractivity contribution in [2.75, 3.05) is 26.2 Å². The Hall–Kier alpha value is -1.79. The lowest BCUT2D eigenvalue weighted by atomic mass is 9.79. The monoisotopic (exact) mass is 365 g/mol. The van der Waals surface area contributed by atoms with E-state index in [9.17, 15) is 9.59 Å². The lowest BCUT2D eigenvalue weighted by Gasteiger charge is -2.34. The lowest BCUT2D eigenvalue weighted by molar-refractivity contribution is -0.133. The number of hydrogen-bond acceptors (Lipinski definition) is 3. The zero-order valence-electron chi connectivity index (χ0n) is 14.2. The van der Waals surface area contributed by atoms with E-state index in [1.807, 2.05) is 12.1 Å². The molecule has 0 aromatic heterocycles. The molecule has 1 saturated heterocycles. The molecule has 3 N–H and O–H groups in total. The number of urea groups is 1. The van der Waals surface area contributed by atoms with Crippen LogP contribution < -0.4 is 11.1 Å². The molecule has 0 radical (unpaired) electrons. The molecule has 1 aromatic carbocycles. The van der Waals surface area contributed by atoms with Crippen LogP contribution >= 0.6 is 11.6 Å². The summed E-state index contributed by atoms with van der Waals surface area (Å²) in [5.74, 6) is -0.536. The maximum absolute atomic E-state index is 12.5. The molecule has 0 bridgehead atoms. The summed E-state index contributed by atoms with van der Waals surface area (Å²) in [7, 11) is 0. The number of carbonyl (C=O) groups is 2. The van der Waals surface area contributed by atoms with E-state index in [4.69, 9.17) is 22.1 Å². The molecule has 6 nitrogen and oxygen atoms in total. The van der Waals surface area contributed by atoms with Gasteiger partial charge in [-0.15, -0.1) is 0 Å². The standard InChI is InChI=1S/C18H24ClN3O3/c19-14-5-3-13(4-6-14)18(7-1-2-8-18)12-21-17(24)22-9-10-25-15(11-22)16(20)23/h3-6,15H,1-2,7-12H2,(H2,20,23)(H,21,24). The number of carbonyl (C=O) groups excluding carboxylic acids is 2. The fraction of sp³-hybridized carbons (Fsp3) is 0.556. The normalized spacial score (nSPS) is 22.6. The van der Waals surface area contributed by atoms with Crippen LogP contribution in [0.4, 0.5) is 4.79 Å². The van der Waals surface area contributed by atoms with Crippen LogP contribution in [-0.4, -0.2) is 49.2 Å². The van der Waals surface area contributed by atoms with Crippen LogP contribution in [0.25, 0.3) is 0 Å². The van der Waals surface area contributed by atoms with Crippen LogP contribution in [0.5, 0.6) is 0 Å². The van der Waals surface area contributed by atoms with E-state index in [1.165, 1.54) is 5.56 Å². The predicted octanol–water partition coefficient (Wildman–Crippen LogP) is 2.05. The number of halogens is 1. The maximum atomic E-state index is 12.5. The van der Waals surface area contributed by atoms with E-state index in [0.717, 1.165) is 25.7 Å². The van der Waals surface area contributed by atoms with Crippen LogP contribution in [-0.2, 0) is 14.9 Å². The number of primary amides is 1. The average Bonchev–Trinajstić information content (AvgIpc) is 3.10. The van der Waals surface area contributed by atoms with Crippen LogP contribution in [0.2, 0.25) is 5.02 Å². The maximum Gasteiger partial charge on any atom is 0.317 e. The predicted molar refractivity (Wildman–Crippen MR) is 95.5 cm³/mol. The van der Waals surface area contributed by atoms with Crippen molar-refractivity contribution in [2.45, 2.75) is 37.2 Å². The molecular formula is C18H24ClN3O3. The van der Waals surface area contributed by atoms with Crippen LogP contribution in [0.3, 0.4) is 0 Å². The van der Waals surface area contributed by atoms with E-state index in [-0.39, 0.29) is 18.0 Å². The summed E-state index contributed by atoms with van der Waals surface area (Å²) in [6.07, 6.45) is 3.67. The zero-order chi connectivity index (χ0) is 17.9. The Kier molecular flexibility index (Phi) is 5.49. The van der Waals surface area contributed by atoms with Crippen molar-refractivity contribution in [1.29, 1.82) is 0 Å². The Labute approximate surface area is 152 Å². The number of hydrogen-bond donors (Lipinski definition) is 2. The zero-order valence-corrected chi connectivity index (χ0v) is 14.9. The Morgan fingerprint density at radius 1 is 1.28 bits per heavy atom. The van der Waals surface area contributed by atoms with E-state index in [1.54, 1.807) is 4.90 Å². The molecule has 7 heteroatoms. The largest absolute Gasteiger partial charge is 0.367 e. The van der Waals surface area contributed by atoms with Gasteiger partial charge in [0.05, 0.1) is 13.2 Å². The summed E-state index contributed by atoms with van der Waals surface area (Å²) < 4.78 is 5.29. The molecule has 1 unspecified atom stereocenters. The van der Waals surface area contributed by atoms with Gasteiger partial charge in [-0.1, -0.05) is 36.6 Å². The van der Waals surface area contributed by atoms with E-state index in [2.05, 4.69) is 17.4 Å². The molecule has 2 fully saturated rings. The highest BCUT2D eigenvalue weighted by atomic mass is 35.5. The fourth-order valence-corrected chi connectivity index (χ4v) is 3.91. The highest BCUT2D eigenvalue weighted by molar-refractivity contribution is 6.30. The van der Waals surface area contributed by atoms with Crippen LogP contribution in [0, 0.1) is 0 Å². The van der Waals surface area contributed by atoms with Gasteiger partial charge in [-0.3, -0.25) is 4.79 Å². The number of nitrogens with one attached hydrogen (secondary N) is 1. The molecule has 0 spiro atoms. The number of ether oxygens (including phenoxy) is 1.